The Morgan fingerprint density at radius 2 is 2.04 bits per heavy atom. The molecule has 1 aliphatic heterocycles. The highest BCUT2D eigenvalue weighted by Crippen LogP contribution is 2.36. The molecule has 1 aliphatic rings. The molecule has 130 valence electrons. The third-order valence-corrected chi connectivity index (χ3v) is 5.40. The SMILES string of the molecule is O=C(CC1Sc2ccccc2NC1=O)Nc1cccc(SC(F)F)c1. The van der Waals surface area contributed by atoms with E-state index in [4.69, 9.17) is 0 Å². The van der Waals surface area contributed by atoms with Crippen molar-refractivity contribution in [3.63, 3.8) is 0 Å². The van der Waals surface area contributed by atoms with Gasteiger partial charge in [0, 0.05) is 21.9 Å². The highest BCUT2D eigenvalue weighted by molar-refractivity contribution is 8.01. The number of alkyl halides is 2. The van der Waals surface area contributed by atoms with Crippen LogP contribution in [-0.4, -0.2) is 22.8 Å². The van der Waals surface area contributed by atoms with Crippen LogP contribution in [0.1, 0.15) is 6.42 Å². The minimum Gasteiger partial charge on any atom is -0.326 e. The summed E-state index contributed by atoms with van der Waals surface area (Å²) < 4.78 is 24.8. The number of anilines is 2. The van der Waals surface area contributed by atoms with Gasteiger partial charge in [-0.3, -0.25) is 9.59 Å². The fraction of sp³-hybridized carbons (Fsp3) is 0.176. The van der Waals surface area contributed by atoms with Crippen LogP contribution in [0.5, 0.6) is 0 Å². The molecule has 3 rings (SSSR count). The predicted octanol–water partition coefficient (Wildman–Crippen LogP) is 4.44. The first-order chi connectivity index (χ1) is 12.0. The minimum atomic E-state index is -2.52. The van der Waals surface area contributed by atoms with Crippen molar-refractivity contribution in [3.05, 3.63) is 48.5 Å². The summed E-state index contributed by atoms with van der Waals surface area (Å²) in [6.07, 6.45) is -0.00292. The van der Waals surface area contributed by atoms with Crippen LogP contribution in [0.4, 0.5) is 20.2 Å². The molecule has 4 nitrogen and oxygen atoms in total. The van der Waals surface area contributed by atoms with Gasteiger partial charge in [-0.15, -0.1) is 11.8 Å². The fourth-order valence-electron chi connectivity index (χ4n) is 2.36. The Kier molecular flexibility index (Phi) is 5.60. The molecule has 2 amide bonds. The number of para-hydroxylation sites is 1. The van der Waals surface area contributed by atoms with Gasteiger partial charge in [-0.05, 0) is 30.3 Å². The van der Waals surface area contributed by atoms with E-state index in [9.17, 15) is 18.4 Å². The van der Waals surface area contributed by atoms with Crippen molar-refractivity contribution >= 4 is 46.7 Å². The molecule has 0 bridgehead atoms. The second-order valence-corrected chi connectivity index (χ2v) is 7.56. The highest BCUT2D eigenvalue weighted by Gasteiger charge is 2.28. The zero-order chi connectivity index (χ0) is 17.8. The molecule has 25 heavy (non-hydrogen) atoms. The van der Waals surface area contributed by atoms with Crippen molar-refractivity contribution in [2.24, 2.45) is 0 Å². The average Bonchev–Trinajstić information content (AvgIpc) is 2.55. The van der Waals surface area contributed by atoms with Crippen molar-refractivity contribution in [2.75, 3.05) is 10.6 Å². The first-order valence-electron chi connectivity index (χ1n) is 7.42. The van der Waals surface area contributed by atoms with Gasteiger partial charge < -0.3 is 10.6 Å². The number of benzene rings is 2. The quantitative estimate of drug-likeness (QED) is 0.753. The molecule has 1 unspecified atom stereocenters. The lowest BCUT2D eigenvalue weighted by atomic mass is 10.2. The molecule has 0 aromatic heterocycles. The van der Waals surface area contributed by atoms with Crippen LogP contribution < -0.4 is 10.6 Å². The van der Waals surface area contributed by atoms with Crippen LogP contribution in [-0.2, 0) is 9.59 Å². The van der Waals surface area contributed by atoms with Gasteiger partial charge in [-0.2, -0.15) is 8.78 Å². The van der Waals surface area contributed by atoms with Crippen LogP contribution in [0.3, 0.4) is 0 Å². The maximum Gasteiger partial charge on any atom is 0.288 e. The molecule has 0 radical (unpaired) electrons. The van der Waals surface area contributed by atoms with E-state index in [1.54, 1.807) is 18.2 Å². The number of fused-ring (bicyclic) bond motifs is 1. The zero-order valence-electron chi connectivity index (χ0n) is 12.9. The number of nitrogens with one attached hydrogen (secondary N) is 2. The number of amides is 2. The Bertz CT molecular complexity index is 802. The van der Waals surface area contributed by atoms with Gasteiger partial charge in [0.25, 0.3) is 5.76 Å². The number of rotatable bonds is 5. The van der Waals surface area contributed by atoms with Gasteiger partial charge in [0.2, 0.25) is 11.8 Å². The van der Waals surface area contributed by atoms with E-state index in [2.05, 4.69) is 10.6 Å². The van der Waals surface area contributed by atoms with Crippen molar-refractivity contribution < 1.29 is 18.4 Å². The second-order valence-electron chi connectivity index (χ2n) is 5.25. The Morgan fingerprint density at radius 1 is 1.24 bits per heavy atom. The van der Waals surface area contributed by atoms with Crippen LogP contribution in [0.2, 0.25) is 0 Å². The van der Waals surface area contributed by atoms with E-state index < -0.39 is 11.0 Å². The summed E-state index contributed by atoms with van der Waals surface area (Å²) in [5.41, 5.74) is 1.17. The van der Waals surface area contributed by atoms with Crippen molar-refractivity contribution in [2.45, 2.75) is 27.2 Å². The van der Waals surface area contributed by atoms with Gasteiger partial charge in [-0.1, -0.05) is 30.0 Å². The third-order valence-electron chi connectivity index (χ3n) is 3.42. The molecule has 0 fully saturated rings. The summed E-state index contributed by atoms with van der Waals surface area (Å²) >= 11 is 1.75. The molecule has 2 N–H and O–H groups in total. The van der Waals surface area contributed by atoms with Gasteiger partial charge in [0.15, 0.2) is 0 Å². The Hall–Kier alpha value is -2.06. The normalized spacial score (nSPS) is 16.3. The molecule has 1 atom stereocenters. The summed E-state index contributed by atoms with van der Waals surface area (Å²) in [5.74, 6) is -3.08. The van der Waals surface area contributed by atoms with Crippen LogP contribution in [0, 0.1) is 0 Å². The van der Waals surface area contributed by atoms with Gasteiger partial charge in [0.05, 0.1) is 10.9 Å². The summed E-state index contributed by atoms with van der Waals surface area (Å²) in [4.78, 5) is 25.6. The number of carbonyl (C=O) groups excluding carboxylic acids is 2. The first-order valence-corrected chi connectivity index (χ1v) is 9.18. The van der Waals surface area contributed by atoms with E-state index in [1.807, 2.05) is 24.3 Å². The second kappa shape index (κ2) is 7.88. The van der Waals surface area contributed by atoms with Crippen LogP contribution >= 0.6 is 23.5 Å². The maximum atomic E-state index is 12.4. The number of carbonyl (C=O) groups is 2. The van der Waals surface area contributed by atoms with Crippen molar-refractivity contribution in [1.29, 1.82) is 0 Å². The minimum absolute atomic E-state index is 0.00292. The fourth-order valence-corrected chi connectivity index (χ4v) is 4.03. The van der Waals surface area contributed by atoms with Crippen LogP contribution in [0.15, 0.2) is 58.3 Å². The molecule has 0 aliphatic carbocycles. The summed E-state index contributed by atoms with van der Waals surface area (Å²) in [5, 5.41) is 4.91. The van der Waals surface area contributed by atoms with Gasteiger partial charge >= 0.3 is 0 Å². The Labute approximate surface area is 151 Å². The topological polar surface area (TPSA) is 58.2 Å². The molecule has 2 aromatic rings. The molecule has 2 aromatic carbocycles. The summed E-state index contributed by atoms with van der Waals surface area (Å²) in [7, 11) is 0. The average molecular weight is 380 g/mol. The molecular weight excluding hydrogens is 366 g/mol. The monoisotopic (exact) mass is 380 g/mol. The smallest absolute Gasteiger partial charge is 0.288 e. The Morgan fingerprint density at radius 3 is 2.84 bits per heavy atom. The van der Waals surface area contributed by atoms with E-state index in [0.717, 1.165) is 10.6 Å². The molecule has 8 heteroatoms. The highest BCUT2D eigenvalue weighted by atomic mass is 32.2. The van der Waals surface area contributed by atoms with Crippen LogP contribution in [0.25, 0.3) is 0 Å². The Balaban J connectivity index is 1.62. The third kappa shape index (κ3) is 4.73. The predicted molar refractivity (Wildman–Crippen MR) is 96.3 cm³/mol. The summed E-state index contributed by atoms with van der Waals surface area (Å²) in [6.45, 7) is 0. The summed E-state index contributed by atoms with van der Waals surface area (Å²) in [6, 6.07) is 13.6. The number of thioether (sulfide) groups is 2. The molecular formula is C17H14F2N2O2S2. The number of hydrogen-bond acceptors (Lipinski definition) is 4. The lowest BCUT2D eigenvalue weighted by molar-refractivity contribution is -0.120. The van der Waals surface area contributed by atoms with Crippen molar-refractivity contribution in [1.82, 2.24) is 0 Å². The van der Waals surface area contributed by atoms with Crippen molar-refractivity contribution in [3.8, 4) is 0 Å². The molecule has 0 spiro atoms. The number of halogens is 2. The first kappa shape index (κ1) is 17.8. The maximum absolute atomic E-state index is 12.4. The largest absolute Gasteiger partial charge is 0.326 e. The lowest BCUT2D eigenvalue weighted by Gasteiger charge is -2.23. The van der Waals surface area contributed by atoms with E-state index in [1.165, 1.54) is 17.8 Å². The molecule has 1 heterocycles. The standard InChI is InChI=1S/C17H14F2N2O2S2/c18-17(19)24-11-5-3-4-10(8-11)20-15(22)9-14-16(23)21-12-6-1-2-7-13(12)25-14/h1-8,14,17H,9H2,(H,20,22)(H,21,23). The molecule has 0 saturated heterocycles. The molecule has 0 saturated carbocycles. The number of hydrogen-bond donors (Lipinski definition) is 2. The zero-order valence-corrected chi connectivity index (χ0v) is 14.5. The van der Waals surface area contributed by atoms with E-state index in [0.29, 0.717) is 22.3 Å². The van der Waals surface area contributed by atoms with Gasteiger partial charge in [0.1, 0.15) is 0 Å². The lowest BCUT2D eigenvalue weighted by Crippen LogP contribution is -2.32. The van der Waals surface area contributed by atoms with Gasteiger partial charge in [-0.25, -0.2) is 0 Å². The van der Waals surface area contributed by atoms with E-state index >= 15 is 0 Å². The van der Waals surface area contributed by atoms with E-state index in [-0.39, 0.29) is 18.2 Å².